The Bertz CT molecular complexity index is 1030. The molecule has 0 bridgehead atoms. The van der Waals surface area contributed by atoms with E-state index in [1.165, 1.54) is 6.08 Å². The highest BCUT2D eigenvalue weighted by atomic mass is 32.1. The van der Waals surface area contributed by atoms with Gasteiger partial charge in [-0.05, 0) is 70.3 Å². The van der Waals surface area contributed by atoms with Crippen LogP contribution in [0.5, 0.6) is 5.75 Å². The average Bonchev–Trinajstić information content (AvgIpc) is 3.18. The molecule has 5 heteroatoms. The van der Waals surface area contributed by atoms with Crippen LogP contribution in [0.3, 0.4) is 0 Å². The van der Waals surface area contributed by atoms with Crippen molar-refractivity contribution in [1.29, 1.82) is 5.26 Å². The number of nitrogens with zero attached hydrogens (tertiary/aromatic N) is 1. The number of benzene rings is 2. The number of rotatable bonds is 6. The van der Waals surface area contributed by atoms with Crippen molar-refractivity contribution in [2.45, 2.75) is 13.5 Å². The minimum absolute atomic E-state index is 0.139. The van der Waals surface area contributed by atoms with Crippen LogP contribution in [0.25, 0.3) is 11.6 Å². The first-order chi connectivity index (χ1) is 13.1. The number of aliphatic carboxylic acids is 1. The molecule has 1 N–H and O–H groups in total. The normalized spacial score (nSPS) is 11.0. The predicted octanol–water partition coefficient (Wildman–Crippen LogP) is 5.13. The molecule has 0 aliphatic heterocycles. The quantitative estimate of drug-likeness (QED) is 0.479. The number of carboxylic acids is 1. The van der Waals surface area contributed by atoms with Crippen LogP contribution in [0.4, 0.5) is 0 Å². The van der Waals surface area contributed by atoms with Crippen LogP contribution in [0, 0.1) is 18.3 Å². The number of carboxylic acid groups (broad SMARTS) is 1. The molecule has 3 rings (SSSR count). The molecule has 0 radical (unpaired) electrons. The molecular formula is C22H17NO3S. The van der Waals surface area contributed by atoms with Crippen molar-refractivity contribution in [1.82, 2.24) is 0 Å². The fourth-order valence-electron chi connectivity index (χ4n) is 2.68. The van der Waals surface area contributed by atoms with E-state index in [1.807, 2.05) is 35.9 Å². The lowest BCUT2D eigenvalue weighted by atomic mass is 9.97. The highest BCUT2D eigenvalue weighted by Crippen LogP contribution is 2.26. The van der Waals surface area contributed by atoms with Crippen molar-refractivity contribution in [3.63, 3.8) is 0 Å². The maximum Gasteiger partial charge on any atom is 0.336 e. The van der Waals surface area contributed by atoms with Gasteiger partial charge >= 0.3 is 5.97 Å². The van der Waals surface area contributed by atoms with Gasteiger partial charge in [0.15, 0.2) is 0 Å². The van der Waals surface area contributed by atoms with Crippen molar-refractivity contribution in [3.05, 3.63) is 87.1 Å². The van der Waals surface area contributed by atoms with Gasteiger partial charge in [0.05, 0.1) is 17.2 Å². The summed E-state index contributed by atoms with van der Waals surface area (Å²) in [5.41, 5.74) is 3.59. The summed E-state index contributed by atoms with van der Waals surface area (Å²) in [4.78, 5) is 11.8. The molecule has 0 amide bonds. The number of thiophene rings is 1. The molecular weight excluding hydrogens is 358 g/mol. The molecule has 0 spiro atoms. The molecule has 3 aromatic rings. The number of ether oxygens (including phenoxy) is 1. The highest BCUT2D eigenvalue weighted by Gasteiger charge is 2.14. The SMILES string of the molecule is Cc1ccccc1/C(=C\c1cc(OCc2ccsc2)ccc1C#N)C(=O)O. The van der Waals surface area contributed by atoms with E-state index in [1.54, 1.807) is 41.7 Å². The van der Waals surface area contributed by atoms with Crippen molar-refractivity contribution in [2.75, 3.05) is 0 Å². The number of aryl methyl sites for hydroxylation is 1. The fraction of sp³-hybridized carbons (Fsp3) is 0.0909. The third-order valence-corrected chi connectivity index (χ3v) is 4.83. The van der Waals surface area contributed by atoms with Gasteiger partial charge in [-0.15, -0.1) is 0 Å². The minimum Gasteiger partial charge on any atom is -0.489 e. The van der Waals surface area contributed by atoms with E-state index in [9.17, 15) is 15.2 Å². The second-order valence-corrected chi connectivity index (χ2v) is 6.74. The third-order valence-electron chi connectivity index (χ3n) is 4.09. The van der Waals surface area contributed by atoms with E-state index in [4.69, 9.17) is 4.74 Å². The first-order valence-electron chi connectivity index (χ1n) is 8.27. The third kappa shape index (κ3) is 4.43. The summed E-state index contributed by atoms with van der Waals surface area (Å²) in [5.74, 6) is -0.459. The van der Waals surface area contributed by atoms with Crippen molar-refractivity contribution in [3.8, 4) is 11.8 Å². The van der Waals surface area contributed by atoms with Crippen LogP contribution in [0.1, 0.15) is 27.8 Å². The zero-order chi connectivity index (χ0) is 19.2. The van der Waals surface area contributed by atoms with Crippen molar-refractivity contribution < 1.29 is 14.6 Å². The lowest BCUT2D eigenvalue weighted by Crippen LogP contribution is -2.02. The van der Waals surface area contributed by atoms with E-state index in [-0.39, 0.29) is 5.57 Å². The summed E-state index contributed by atoms with van der Waals surface area (Å²) < 4.78 is 5.78. The van der Waals surface area contributed by atoms with Gasteiger partial charge < -0.3 is 9.84 Å². The Hall–Kier alpha value is -3.36. The van der Waals surface area contributed by atoms with Crippen molar-refractivity contribution in [2.24, 2.45) is 0 Å². The molecule has 0 aliphatic carbocycles. The molecule has 0 saturated heterocycles. The number of nitriles is 1. The second-order valence-electron chi connectivity index (χ2n) is 5.96. The molecule has 2 aromatic carbocycles. The standard InChI is InChI=1S/C22H17NO3S/c1-15-4-2-3-5-20(15)21(22(24)25)11-18-10-19(7-6-17(18)12-23)26-13-16-8-9-27-14-16/h2-11,14H,13H2,1H3,(H,24,25)/b21-11+. The molecule has 0 saturated carbocycles. The van der Waals surface area contributed by atoms with Crippen molar-refractivity contribution >= 4 is 29.0 Å². The molecule has 1 heterocycles. The highest BCUT2D eigenvalue weighted by molar-refractivity contribution is 7.07. The Morgan fingerprint density at radius 3 is 2.74 bits per heavy atom. The van der Waals surface area contributed by atoms with E-state index < -0.39 is 5.97 Å². The fourth-order valence-corrected chi connectivity index (χ4v) is 3.33. The summed E-state index contributed by atoms with van der Waals surface area (Å²) >= 11 is 1.60. The molecule has 0 aliphatic rings. The molecule has 27 heavy (non-hydrogen) atoms. The van der Waals surface area contributed by atoms with Gasteiger partial charge in [-0.3, -0.25) is 0 Å². The van der Waals surface area contributed by atoms with E-state index >= 15 is 0 Å². The number of hydrogen-bond donors (Lipinski definition) is 1. The zero-order valence-electron chi connectivity index (χ0n) is 14.7. The second kappa shape index (κ2) is 8.35. The Morgan fingerprint density at radius 2 is 2.07 bits per heavy atom. The minimum atomic E-state index is -1.04. The predicted molar refractivity (Wildman–Crippen MR) is 106 cm³/mol. The molecule has 0 fully saturated rings. The van der Waals surface area contributed by atoms with Gasteiger partial charge in [0.1, 0.15) is 12.4 Å². The van der Waals surface area contributed by atoms with Crippen LogP contribution in [0.2, 0.25) is 0 Å². The molecule has 1 aromatic heterocycles. The van der Waals surface area contributed by atoms with E-state index in [0.29, 0.717) is 29.0 Å². The lowest BCUT2D eigenvalue weighted by Gasteiger charge is -2.10. The van der Waals surface area contributed by atoms with Gasteiger partial charge in [0.2, 0.25) is 0 Å². The van der Waals surface area contributed by atoms with E-state index in [0.717, 1.165) is 11.1 Å². The van der Waals surface area contributed by atoms with Gasteiger partial charge in [0, 0.05) is 0 Å². The Labute approximate surface area is 161 Å². The van der Waals surface area contributed by atoms with E-state index in [2.05, 4.69) is 6.07 Å². The summed E-state index contributed by atoms with van der Waals surface area (Å²) in [6, 6.07) is 16.4. The summed E-state index contributed by atoms with van der Waals surface area (Å²) in [5, 5.41) is 23.1. The van der Waals surface area contributed by atoms with Gasteiger partial charge in [0.25, 0.3) is 0 Å². The lowest BCUT2D eigenvalue weighted by molar-refractivity contribution is -0.130. The van der Waals surface area contributed by atoms with Gasteiger partial charge in [-0.25, -0.2) is 4.79 Å². The molecule has 0 atom stereocenters. The van der Waals surface area contributed by atoms with Crippen LogP contribution in [-0.4, -0.2) is 11.1 Å². The maximum absolute atomic E-state index is 11.8. The summed E-state index contributed by atoms with van der Waals surface area (Å²) in [6.07, 6.45) is 1.53. The smallest absolute Gasteiger partial charge is 0.336 e. The Kier molecular flexibility index (Phi) is 5.70. The summed E-state index contributed by atoms with van der Waals surface area (Å²) in [7, 11) is 0. The van der Waals surface area contributed by atoms with Gasteiger partial charge in [-0.2, -0.15) is 16.6 Å². The molecule has 0 unspecified atom stereocenters. The first-order valence-corrected chi connectivity index (χ1v) is 9.22. The topological polar surface area (TPSA) is 70.3 Å². The van der Waals surface area contributed by atoms with Crippen LogP contribution in [-0.2, 0) is 11.4 Å². The first kappa shape index (κ1) is 18.4. The Balaban J connectivity index is 1.98. The van der Waals surface area contributed by atoms with Crippen LogP contribution in [0.15, 0.2) is 59.3 Å². The van der Waals surface area contributed by atoms with Crippen LogP contribution >= 0.6 is 11.3 Å². The average molecular weight is 375 g/mol. The monoisotopic (exact) mass is 375 g/mol. The molecule has 4 nitrogen and oxygen atoms in total. The maximum atomic E-state index is 11.8. The van der Waals surface area contributed by atoms with Crippen LogP contribution < -0.4 is 4.74 Å². The van der Waals surface area contributed by atoms with Gasteiger partial charge in [-0.1, -0.05) is 24.3 Å². The number of carbonyl (C=O) groups is 1. The number of hydrogen-bond acceptors (Lipinski definition) is 4. The summed E-state index contributed by atoms with van der Waals surface area (Å²) in [6.45, 7) is 2.28. The Morgan fingerprint density at radius 1 is 1.26 bits per heavy atom. The molecule has 134 valence electrons. The zero-order valence-corrected chi connectivity index (χ0v) is 15.5. The largest absolute Gasteiger partial charge is 0.489 e.